The van der Waals surface area contributed by atoms with Gasteiger partial charge in [-0.25, -0.2) is 0 Å². The Kier molecular flexibility index (Phi) is 5.41. The summed E-state index contributed by atoms with van der Waals surface area (Å²) >= 11 is 0. The molecule has 2 atom stereocenters. The normalized spacial score (nSPS) is 25.2. The van der Waals surface area contributed by atoms with Crippen molar-refractivity contribution >= 4 is 11.8 Å². The fraction of sp³-hybridized carbons (Fsp3) is 0.833. The van der Waals surface area contributed by atoms with Gasteiger partial charge >= 0.3 is 0 Å². The quantitative estimate of drug-likeness (QED) is 0.735. The Bertz CT molecular complexity index is 281. The molecule has 0 saturated carbocycles. The van der Waals surface area contributed by atoms with Crippen LogP contribution in [0, 0.1) is 5.92 Å². The molecule has 2 unspecified atom stereocenters. The molecule has 0 bridgehead atoms. The summed E-state index contributed by atoms with van der Waals surface area (Å²) < 4.78 is 0. The average molecular weight is 241 g/mol. The van der Waals surface area contributed by atoms with E-state index in [2.05, 4.69) is 19.2 Å². The summed E-state index contributed by atoms with van der Waals surface area (Å²) in [4.78, 5) is 24.9. The number of hydrogen-bond donors (Lipinski definition) is 2. The van der Waals surface area contributed by atoms with Crippen molar-refractivity contribution in [1.29, 1.82) is 0 Å². The molecule has 1 saturated heterocycles. The zero-order valence-electron chi connectivity index (χ0n) is 10.7. The van der Waals surface area contributed by atoms with Gasteiger partial charge in [0.25, 0.3) is 0 Å². The highest BCUT2D eigenvalue weighted by Gasteiger charge is 2.24. The molecule has 1 aliphatic heterocycles. The Morgan fingerprint density at radius 2 is 2.06 bits per heavy atom. The van der Waals surface area contributed by atoms with Crippen LogP contribution in [-0.4, -0.2) is 42.4 Å². The lowest BCUT2D eigenvalue weighted by atomic mass is 10.1. The second-order valence-electron chi connectivity index (χ2n) is 4.91. The first-order chi connectivity index (χ1) is 8.04. The fourth-order valence-corrected chi connectivity index (χ4v) is 2.22. The second-order valence-corrected chi connectivity index (χ2v) is 4.91. The van der Waals surface area contributed by atoms with Crippen molar-refractivity contribution in [1.82, 2.24) is 10.2 Å². The number of nitrogens with two attached hydrogens (primary N) is 1. The summed E-state index contributed by atoms with van der Waals surface area (Å²) in [5.41, 5.74) is 5.17. The van der Waals surface area contributed by atoms with Crippen LogP contribution in [0.4, 0.5) is 0 Å². The van der Waals surface area contributed by atoms with E-state index in [9.17, 15) is 9.59 Å². The standard InChI is InChI=1S/C12H23N3O2/c1-9-4-3-5-10(2)15(8-9)12(17)7-14-11(16)6-13/h9-10H,3-8,13H2,1-2H3,(H,14,16). The number of carbonyl (C=O) groups is 2. The molecule has 0 aromatic rings. The fourth-order valence-electron chi connectivity index (χ4n) is 2.22. The molecule has 1 heterocycles. The molecule has 17 heavy (non-hydrogen) atoms. The summed E-state index contributed by atoms with van der Waals surface area (Å²) in [5.74, 6) is 0.246. The minimum Gasteiger partial charge on any atom is -0.346 e. The smallest absolute Gasteiger partial charge is 0.242 e. The first kappa shape index (κ1) is 14.0. The van der Waals surface area contributed by atoms with Crippen molar-refractivity contribution in [3.63, 3.8) is 0 Å². The lowest BCUT2D eigenvalue weighted by Gasteiger charge is -2.28. The molecule has 1 rings (SSSR count). The van der Waals surface area contributed by atoms with E-state index >= 15 is 0 Å². The van der Waals surface area contributed by atoms with Crippen LogP contribution in [0.3, 0.4) is 0 Å². The summed E-state index contributed by atoms with van der Waals surface area (Å²) in [6, 6.07) is 0.266. The van der Waals surface area contributed by atoms with Gasteiger partial charge in [0.2, 0.25) is 11.8 Å². The predicted octanol–water partition coefficient (Wildman–Crippen LogP) is 0.0984. The summed E-state index contributed by atoms with van der Waals surface area (Å²) in [7, 11) is 0. The Morgan fingerprint density at radius 3 is 2.71 bits per heavy atom. The number of nitrogens with zero attached hydrogens (tertiary/aromatic N) is 1. The Morgan fingerprint density at radius 1 is 1.35 bits per heavy atom. The molecule has 1 aliphatic rings. The summed E-state index contributed by atoms with van der Waals surface area (Å²) in [6.07, 6.45) is 3.38. The molecule has 2 amide bonds. The third-order valence-corrected chi connectivity index (χ3v) is 3.30. The maximum atomic E-state index is 12.0. The van der Waals surface area contributed by atoms with E-state index in [1.807, 2.05) is 4.90 Å². The summed E-state index contributed by atoms with van der Waals surface area (Å²) in [5, 5.41) is 2.53. The zero-order valence-corrected chi connectivity index (χ0v) is 10.7. The van der Waals surface area contributed by atoms with E-state index < -0.39 is 0 Å². The average Bonchev–Trinajstić information content (AvgIpc) is 2.47. The maximum Gasteiger partial charge on any atom is 0.242 e. The minimum absolute atomic E-state index is 0.00644. The topological polar surface area (TPSA) is 75.4 Å². The van der Waals surface area contributed by atoms with Gasteiger partial charge in [0, 0.05) is 12.6 Å². The minimum atomic E-state index is -0.283. The van der Waals surface area contributed by atoms with E-state index in [1.165, 1.54) is 12.8 Å². The molecule has 0 aromatic carbocycles. The molecule has 0 aliphatic carbocycles. The first-order valence-corrected chi connectivity index (χ1v) is 6.30. The number of nitrogens with one attached hydrogen (secondary N) is 1. The van der Waals surface area contributed by atoms with Gasteiger partial charge in [0.1, 0.15) is 0 Å². The van der Waals surface area contributed by atoms with Crippen molar-refractivity contribution in [2.45, 2.75) is 39.2 Å². The SMILES string of the molecule is CC1CCCC(C)N(C(=O)CNC(=O)CN)C1. The molecule has 3 N–H and O–H groups in total. The van der Waals surface area contributed by atoms with E-state index in [-0.39, 0.29) is 30.9 Å². The maximum absolute atomic E-state index is 12.0. The molecular formula is C12H23N3O2. The highest BCUT2D eigenvalue weighted by molar-refractivity contribution is 5.85. The number of amides is 2. The van der Waals surface area contributed by atoms with Crippen LogP contribution in [0.1, 0.15) is 33.1 Å². The van der Waals surface area contributed by atoms with Crippen molar-refractivity contribution in [3.8, 4) is 0 Å². The Hall–Kier alpha value is -1.10. The van der Waals surface area contributed by atoms with Crippen LogP contribution in [-0.2, 0) is 9.59 Å². The van der Waals surface area contributed by atoms with Crippen molar-refractivity contribution in [2.75, 3.05) is 19.6 Å². The van der Waals surface area contributed by atoms with Gasteiger partial charge in [-0.2, -0.15) is 0 Å². The molecule has 5 heteroatoms. The van der Waals surface area contributed by atoms with E-state index in [0.717, 1.165) is 13.0 Å². The van der Waals surface area contributed by atoms with Crippen LogP contribution in [0.25, 0.3) is 0 Å². The van der Waals surface area contributed by atoms with Gasteiger partial charge < -0.3 is 16.0 Å². The molecule has 0 radical (unpaired) electrons. The molecule has 0 spiro atoms. The van der Waals surface area contributed by atoms with Crippen LogP contribution < -0.4 is 11.1 Å². The summed E-state index contributed by atoms with van der Waals surface area (Å²) in [6.45, 7) is 5.02. The van der Waals surface area contributed by atoms with E-state index in [0.29, 0.717) is 5.92 Å². The van der Waals surface area contributed by atoms with Crippen molar-refractivity contribution in [2.24, 2.45) is 11.7 Å². The molecule has 1 fully saturated rings. The van der Waals surface area contributed by atoms with Gasteiger partial charge in [-0.05, 0) is 25.7 Å². The lowest BCUT2D eigenvalue weighted by molar-refractivity contribution is -0.134. The van der Waals surface area contributed by atoms with Gasteiger partial charge in [-0.3, -0.25) is 9.59 Å². The monoisotopic (exact) mass is 241 g/mol. The second kappa shape index (κ2) is 6.59. The van der Waals surface area contributed by atoms with Crippen molar-refractivity contribution in [3.05, 3.63) is 0 Å². The molecular weight excluding hydrogens is 218 g/mol. The first-order valence-electron chi connectivity index (χ1n) is 6.30. The predicted molar refractivity (Wildman–Crippen MR) is 66.3 cm³/mol. The number of likely N-dealkylation sites (tertiary alicyclic amines) is 1. The number of carbonyl (C=O) groups excluding carboxylic acids is 2. The largest absolute Gasteiger partial charge is 0.346 e. The van der Waals surface area contributed by atoms with Gasteiger partial charge in [0.15, 0.2) is 0 Å². The van der Waals surface area contributed by atoms with Crippen molar-refractivity contribution < 1.29 is 9.59 Å². The molecule has 5 nitrogen and oxygen atoms in total. The highest BCUT2D eigenvalue weighted by Crippen LogP contribution is 2.20. The Labute approximate surface area is 103 Å². The van der Waals surface area contributed by atoms with Gasteiger partial charge in [-0.15, -0.1) is 0 Å². The number of rotatable bonds is 3. The molecule has 98 valence electrons. The third-order valence-electron chi connectivity index (χ3n) is 3.30. The van der Waals surface area contributed by atoms with E-state index in [1.54, 1.807) is 0 Å². The van der Waals surface area contributed by atoms with Gasteiger partial charge in [0.05, 0.1) is 13.1 Å². The third kappa shape index (κ3) is 4.34. The molecule has 0 aromatic heterocycles. The highest BCUT2D eigenvalue weighted by atomic mass is 16.2. The van der Waals surface area contributed by atoms with Gasteiger partial charge in [-0.1, -0.05) is 13.3 Å². The Balaban J connectivity index is 2.50. The van der Waals surface area contributed by atoms with Crippen LogP contribution in [0.5, 0.6) is 0 Å². The van der Waals surface area contributed by atoms with Crippen LogP contribution in [0.2, 0.25) is 0 Å². The lowest BCUT2D eigenvalue weighted by Crippen LogP contribution is -2.46. The zero-order chi connectivity index (χ0) is 12.8. The van der Waals surface area contributed by atoms with E-state index in [4.69, 9.17) is 5.73 Å². The van der Waals surface area contributed by atoms with Crippen LogP contribution >= 0.6 is 0 Å². The number of hydrogen-bond acceptors (Lipinski definition) is 3. The van der Waals surface area contributed by atoms with Crippen LogP contribution in [0.15, 0.2) is 0 Å².